The Labute approximate surface area is 139 Å². The SMILES string of the molecule is C=C(C=O)C1CCC(C)C1C[C@]1(C)C=CC(C(C)C)=C1C(=O)O. The number of carboxylic acids is 1. The van der Waals surface area contributed by atoms with Crippen molar-refractivity contribution in [2.24, 2.45) is 29.1 Å². The van der Waals surface area contributed by atoms with Gasteiger partial charge in [0.15, 0.2) is 0 Å². The van der Waals surface area contributed by atoms with Crippen molar-refractivity contribution in [3.05, 3.63) is 35.5 Å². The molecule has 4 atom stereocenters. The summed E-state index contributed by atoms with van der Waals surface area (Å²) >= 11 is 0. The van der Waals surface area contributed by atoms with Crippen LogP contribution in [0.5, 0.6) is 0 Å². The van der Waals surface area contributed by atoms with Gasteiger partial charge in [-0.3, -0.25) is 4.79 Å². The normalized spacial score (nSPS) is 33.5. The summed E-state index contributed by atoms with van der Waals surface area (Å²) in [6.07, 6.45) is 7.72. The number of aldehydes is 1. The Bertz CT molecular complexity index is 582. The minimum atomic E-state index is -0.822. The minimum absolute atomic E-state index is 0.186. The standard InChI is InChI=1S/C20H28O3/c1-12(2)15-8-9-20(5,18(15)19(22)23)10-17-13(3)6-7-16(17)14(4)11-21/h8-9,11-13,16-17H,4,6-7,10H2,1-3,5H3,(H,22,23)/t13?,16?,17?,20-/m0/s1. The van der Waals surface area contributed by atoms with E-state index in [4.69, 9.17) is 0 Å². The van der Waals surface area contributed by atoms with Gasteiger partial charge in [0.25, 0.3) is 0 Å². The van der Waals surface area contributed by atoms with Crippen LogP contribution in [0.1, 0.15) is 47.0 Å². The minimum Gasteiger partial charge on any atom is -0.478 e. The molecule has 23 heavy (non-hydrogen) atoms. The molecule has 3 heteroatoms. The van der Waals surface area contributed by atoms with E-state index in [2.05, 4.69) is 19.6 Å². The van der Waals surface area contributed by atoms with E-state index in [1.54, 1.807) is 0 Å². The summed E-state index contributed by atoms with van der Waals surface area (Å²) in [5.41, 5.74) is 1.66. The molecule has 1 saturated carbocycles. The van der Waals surface area contributed by atoms with Crippen molar-refractivity contribution in [3.63, 3.8) is 0 Å². The Morgan fingerprint density at radius 3 is 2.65 bits per heavy atom. The monoisotopic (exact) mass is 316 g/mol. The van der Waals surface area contributed by atoms with Gasteiger partial charge in [-0.25, -0.2) is 4.79 Å². The molecule has 2 aliphatic carbocycles. The van der Waals surface area contributed by atoms with E-state index in [0.717, 1.165) is 31.1 Å². The lowest BCUT2D eigenvalue weighted by atomic mass is 9.70. The third-order valence-corrected chi connectivity index (χ3v) is 5.79. The maximum Gasteiger partial charge on any atom is 0.332 e. The molecule has 0 spiro atoms. The van der Waals surface area contributed by atoms with Crippen LogP contribution in [0.25, 0.3) is 0 Å². The quantitative estimate of drug-likeness (QED) is 0.583. The van der Waals surface area contributed by atoms with Crippen LogP contribution in [0.2, 0.25) is 0 Å². The molecule has 0 saturated heterocycles. The Morgan fingerprint density at radius 1 is 1.48 bits per heavy atom. The van der Waals surface area contributed by atoms with Crippen LogP contribution in [-0.2, 0) is 9.59 Å². The van der Waals surface area contributed by atoms with Gasteiger partial charge in [0.1, 0.15) is 6.29 Å². The summed E-state index contributed by atoms with van der Waals surface area (Å²) in [6, 6.07) is 0. The van der Waals surface area contributed by atoms with Crippen molar-refractivity contribution in [1.82, 2.24) is 0 Å². The molecular weight excluding hydrogens is 288 g/mol. The number of hydrogen-bond donors (Lipinski definition) is 1. The van der Waals surface area contributed by atoms with Gasteiger partial charge in [0.2, 0.25) is 0 Å². The van der Waals surface area contributed by atoms with Crippen LogP contribution in [0, 0.1) is 29.1 Å². The van der Waals surface area contributed by atoms with Crippen molar-refractivity contribution < 1.29 is 14.7 Å². The number of allylic oxidation sites excluding steroid dienone is 4. The molecule has 0 radical (unpaired) electrons. The van der Waals surface area contributed by atoms with E-state index in [9.17, 15) is 14.7 Å². The van der Waals surface area contributed by atoms with E-state index >= 15 is 0 Å². The molecular formula is C20H28O3. The van der Waals surface area contributed by atoms with Crippen molar-refractivity contribution in [2.75, 3.05) is 0 Å². The molecule has 1 fully saturated rings. The largest absolute Gasteiger partial charge is 0.478 e. The first-order valence-electron chi connectivity index (χ1n) is 8.52. The molecule has 1 N–H and O–H groups in total. The smallest absolute Gasteiger partial charge is 0.332 e. The van der Waals surface area contributed by atoms with E-state index in [0.29, 0.717) is 23.0 Å². The first-order valence-corrected chi connectivity index (χ1v) is 8.52. The number of aliphatic carboxylic acids is 1. The highest BCUT2D eigenvalue weighted by atomic mass is 16.4. The predicted molar refractivity (Wildman–Crippen MR) is 91.9 cm³/mol. The second kappa shape index (κ2) is 6.46. The highest BCUT2D eigenvalue weighted by Crippen LogP contribution is 2.51. The molecule has 3 nitrogen and oxygen atoms in total. The van der Waals surface area contributed by atoms with Gasteiger partial charge in [-0.2, -0.15) is 0 Å². The highest BCUT2D eigenvalue weighted by Gasteiger charge is 2.44. The molecule has 0 heterocycles. The van der Waals surface area contributed by atoms with Gasteiger partial charge in [-0.1, -0.05) is 46.4 Å². The zero-order chi connectivity index (χ0) is 17.4. The molecule has 0 aromatic carbocycles. The Balaban J connectivity index is 2.34. The lowest BCUT2D eigenvalue weighted by Gasteiger charge is -2.33. The van der Waals surface area contributed by atoms with Gasteiger partial charge in [-0.05, 0) is 54.1 Å². The Morgan fingerprint density at radius 2 is 2.13 bits per heavy atom. The van der Waals surface area contributed by atoms with Gasteiger partial charge >= 0.3 is 5.97 Å². The molecule has 0 amide bonds. The predicted octanol–water partition coefficient (Wildman–Crippen LogP) is 4.41. The van der Waals surface area contributed by atoms with Crippen LogP contribution in [0.3, 0.4) is 0 Å². The molecule has 2 rings (SSSR count). The molecule has 0 aromatic rings. The van der Waals surface area contributed by atoms with Gasteiger partial charge in [0.05, 0.1) is 5.57 Å². The summed E-state index contributed by atoms with van der Waals surface area (Å²) in [4.78, 5) is 23.0. The summed E-state index contributed by atoms with van der Waals surface area (Å²) in [5.74, 6) is 0.354. The van der Waals surface area contributed by atoms with Gasteiger partial charge in [-0.15, -0.1) is 0 Å². The number of rotatable bonds is 6. The zero-order valence-corrected chi connectivity index (χ0v) is 14.6. The molecule has 0 bridgehead atoms. The van der Waals surface area contributed by atoms with Crippen LogP contribution in [-0.4, -0.2) is 17.4 Å². The van der Waals surface area contributed by atoms with E-state index in [-0.39, 0.29) is 11.8 Å². The molecule has 2 aliphatic rings. The molecule has 0 aliphatic heterocycles. The van der Waals surface area contributed by atoms with Crippen LogP contribution in [0.15, 0.2) is 35.5 Å². The topological polar surface area (TPSA) is 54.4 Å². The van der Waals surface area contributed by atoms with Crippen molar-refractivity contribution in [2.45, 2.75) is 47.0 Å². The van der Waals surface area contributed by atoms with Crippen LogP contribution >= 0.6 is 0 Å². The average molecular weight is 316 g/mol. The van der Waals surface area contributed by atoms with E-state index < -0.39 is 11.4 Å². The molecule has 126 valence electrons. The number of carboxylic acid groups (broad SMARTS) is 1. The van der Waals surface area contributed by atoms with E-state index in [1.165, 1.54) is 0 Å². The first kappa shape index (κ1) is 17.7. The fraction of sp³-hybridized carbons (Fsp3) is 0.600. The summed E-state index contributed by atoms with van der Waals surface area (Å²) in [6.45, 7) is 12.2. The lowest BCUT2D eigenvalue weighted by Crippen LogP contribution is -2.28. The fourth-order valence-corrected chi connectivity index (χ4v) is 4.44. The van der Waals surface area contributed by atoms with Crippen molar-refractivity contribution in [3.8, 4) is 0 Å². The Kier molecular flexibility index (Phi) is 4.98. The van der Waals surface area contributed by atoms with E-state index in [1.807, 2.05) is 26.8 Å². The van der Waals surface area contributed by atoms with Crippen LogP contribution in [0.4, 0.5) is 0 Å². The number of carbonyl (C=O) groups is 2. The third kappa shape index (κ3) is 3.19. The molecule has 0 aromatic heterocycles. The van der Waals surface area contributed by atoms with Crippen molar-refractivity contribution >= 4 is 12.3 Å². The van der Waals surface area contributed by atoms with Crippen molar-refractivity contribution in [1.29, 1.82) is 0 Å². The second-order valence-electron chi connectivity index (χ2n) is 7.76. The van der Waals surface area contributed by atoms with Crippen LogP contribution < -0.4 is 0 Å². The van der Waals surface area contributed by atoms with Gasteiger partial charge in [0, 0.05) is 5.41 Å². The van der Waals surface area contributed by atoms with Gasteiger partial charge < -0.3 is 5.11 Å². The number of hydrogen-bond acceptors (Lipinski definition) is 2. The maximum atomic E-state index is 11.9. The fourth-order valence-electron chi connectivity index (χ4n) is 4.44. The molecule has 3 unspecified atom stereocenters. The summed E-state index contributed by atoms with van der Waals surface area (Å²) < 4.78 is 0. The summed E-state index contributed by atoms with van der Waals surface area (Å²) in [5, 5.41) is 9.76. The maximum absolute atomic E-state index is 11.9. The number of carbonyl (C=O) groups excluding carboxylic acids is 1. The Hall–Kier alpha value is -1.64. The zero-order valence-electron chi connectivity index (χ0n) is 14.6. The summed E-state index contributed by atoms with van der Waals surface area (Å²) in [7, 11) is 0. The second-order valence-corrected chi connectivity index (χ2v) is 7.76. The highest BCUT2D eigenvalue weighted by molar-refractivity contribution is 5.91. The first-order chi connectivity index (χ1) is 10.7. The lowest BCUT2D eigenvalue weighted by molar-refractivity contribution is -0.133. The average Bonchev–Trinajstić information content (AvgIpc) is 3.00. The third-order valence-electron chi connectivity index (χ3n) is 5.79.